The van der Waals surface area contributed by atoms with E-state index in [9.17, 15) is 9.59 Å². The molecule has 0 radical (unpaired) electrons. The summed E-state index contributed by atoms with van der Waals surface area (Å²) in [5.41, 5.74) is 0.722. The SMILES string of the molecule is COC(=O)[C@@H](C)Oc1ccc2cc(-c3cc(OC)ccc3OC)c(=O)oc2c1. The molecule has 7 nitrogen and oxygen atoms in total. The van der Waals surface area contributed by atoms with E-state index >= 15 is 0 Å². The molecule has 0 spiro atoms. The first-order valence-electron chi connectivity index (χ1n) is 8.51. The summed E-state index contributed by atoms with van der Waals surface area (Å²) in [7, 11) is 4.36. The maximum atomic E-state index is 12.6. The Morgan fingerprint density at radius 1 is 0.929 bits per heavy atom. The molecule has 1 atom stereocenters. The molecule has 0 saturated carbocycles. The van der Waals surface area contributed by atoms with Gasteiger partial charge >= 0.3 is 11.6 Å². The number of esters is 1. The van der Waals surface area contributed by atoms with Gasteiger partial charge in [-0.2, -0.15) is 0 Å². The molecule has 2 aromatic carbocycles. The van der Waals surface area contributed by atoms with Crippen molar-refractivity contribution in [1.82, 2.24) is 0 Å². The van der Waals surface area contributed by atoms with Crippen molar-refractivity contribution >= 4 is 16.9 Å². The number of benzene rings is 2. The topological polar surface area (TPSA) is 84.2 Å². The molecule has 0 N–H and O–H groups in total. The highest BCUT2D eigenvalue weighted by atomic mass is 16.6. The number of ether oxygens (including phenoxy) is 4. The average molecular weight is 384 g/mol. The van der Waals surface area contributed by atoms with Crippen molar-refractivity contribution in [1.29, 1.82) is 0 Å². The highest BCUT2D eigenvalue weighted by Gasteiger charge is 2.17. The molecule has 0 fully saturated rings. The Balaban J connectivity index is 2.04. The maximum Gasteiger partial charge on any atom is 0.346 e. The van der Waals surface area contributed by atoms with Crippen molar-refractivity contribution in [3.8, 4) is 28.4 Å². The maximum absolute atomic E-state index is 12.6. The lowest BCUT2D eigenvalue weighted by Crippen LogP contribution is -2.24. The first-order valence-corrected chi connectivity index (χ1v) is 8.51. The number of hydrogen-bond donors (Lipinski definition) is 0. The van der Waals surface area contributed by atoms with Gasteiger partial charge in [-0.25, -0.2) is 9.59 Å². The van der Waals surface area contributed by atoms with Gasteiger partial charge in [0, 0.05) is 17.0 Å². The second-order valence-electron chi connectivity index (χ2n) is 6.00. The normalized spacial score (nSPS) is 11.7. The highest BCUT2D eigenvalue weighted by molar-refractivity contribution is 5.84. The van der Waals surface area contributed by atoms with Crippen LogP contribution in [0.2, 0.25) is 0 Å². The molecule has 3 rings (SSSR count). The molecule has 28 heavy (non-hydrogen) atoms. The van der Waals surface area contributed by atoms with Crippen molar-refractivity contribution in [2.45, 2.75) is 13.0 Å². The Bertz CT molecular complexity index is 1070. The summed E-state index contributed by atoms with van der Waals surface area (Å²) in [5, 5.41) is 0.692. The minimum Gasteiger partial charge on any atom is -0.497 e. The van der Waals surface area contributed by atoms with Gasteiger partial charge in [0.15, 0.2) is 6.10 Å². The van der Waals surface area contributed by atoms with Crippen molar-refractivity contribution in [3.63, 3.8) is 0 Å². The summed E-state index contributed by atoms with van der Waals surface area (Å²) >= 11 is 0. The summed E-state index contributed by atoms with van der Waals surface area (Å²) in [6, 6.07) is 11.9. The van der Waals surface area contributed by atoms with Gasteiger partial charge in [-0.15, -0.1) is 0 Å². The van der Waals surface area contributed by atoms with Crippen LogP contribution in [-0.2, 0) is 9.53 Å². The van der Waals surface area contributed by atoms with Gasteiger partial charge in [0.25, 0.3) is 0 Å². The summed E-state index contributed by atoms with van der Waals surface area (Å²) in [6.07, 6.45) is -0.783. The number of methoxy groups -OCH3 is 3. The molecule has 1 aromatic heterocycles. The van der Waals surface area contributed by atoms with E-state index in [-0.39, 0.29) is 0 Å². The fourth-order valence-electron chi connectivity index (χ4n) is 2.80. The van der Waals surface area contributed by atoms with Crippen molar-refractivity contribution in [3.05, 3.63) is 52.9 Å². The molecule has 0 bridgehead atoms. The zero-order valence-electron chi connectivity index (χ0n) is 16.0. The Labute approximate surface area is 161 Å². The minimum absolute atomic E-state index is 0.338. The number of rotatable bonds is 6. The summed E-state index contributed by atoms with van der Waals surface area (Å²) in [5.74, 6) is 1.01. The lowest BCUT2D eigenvalue weighted by molar-refractivity contribution is -0.147. The van der Waals surface area contributed by atoms with Gasteiger partial charge in [-0.05, 0) is 43.3 Å². The molecule has 146 valence electrons. The zero-order valence-corrected chi connectivity index (χ0v) is 16.0. The van der Waals surface area contributed by atoms with Crippen LogP contribution in [0.5, 0.6) is 17.2 Å². The van der Waals surface area contributed by atoms with E-state index in [0.717, 1.165) is 0 Å². The molecule has 0 saturated heterocycles. The second kappa shape index (κ2) is 8.04. The number of hydrogen-bond acceptors (Lipinski definition) is 7. The van der Waals surface area contributed by atoms with Crippen molar-refractivity contribution < 1.29 is 28.2 Å². The van der Waals surface area contributed by atoms with Crippen LogP contribution in [0.25, 0.3) is 22.1 Å². The third-order valence-electron chi connectivity index (χ3n) is 4.25. The second-order valence-corrected chi connectivity index (χ2v) is 6.00. The van der Waals surface area contributed by atoms with Crippen LogP contribution in [0.3, 0.4) is 0 Å². The predicted octanol–water partition coefficient (Wildman–Crippen LogP) is 3.42. The molecule has 0 unspecified atom stereocenters. The summed E-state index contributed by atoms with van der Waals surface area (Å²) in [4.78, 5) is 24.1. The number of carbonyl (C=O) groups excluding carboxylic acids is 1. The van der Waals surface area contributed by atoms with Gasteiger partial charge in [0.05, 0.1) is 26.9 Å². The van der Waals surface area contributed by atoms with E-state index in [1.807, 2.05) is 0 Å². The fraction of sp³-hybridized carbons (Fsp3) is 0.238. The lowest BCUT2D eigenvalue weighted by atomic mass is 10.0. The van der Waals surface area contributed by atoms with Crippen LogP contribution >= 0.6 is 0 Å². The fourth-order valence-corrected chi connectivity index (χ4v) is 2.80. The van der Waals surface area contributed by atoms with Crippen LogP contribution in [0.4, 0.5) is 0 Å². The number of carbonyl (C=O) groups is 1. The van der Waals surface area contributed by atoms with Gasteiger partial charge in [-0.1, -0.05) is 0 Å². The third-order valence-corrected chi connectivity index (χ3v) is 4.25. The van der Waals surface area contributed by atoms with Crippen molar-refractivity contribution in [2.24, 2.45) is 0 Å². The van der Waals surface area contributed by atoms with E-state index < -0.39 is 17.7 Å². The van der Waals surface area contributed by atoms with E-state index in [1.54, 1.807) is 56.5 Å². The Morgan fingerprint density at radius 2 is 1.68 bits per heavy atom. The predicted molar refractivity (Wildman–Crippen MR) is 103 cm³/mol. The molecular weight excluding hydrogens is 364 g/mol. The summed E-state index contributed by atoms with van der Waals surface area (Å²) < 4.78 is 26.2. The van der Waals surface area contributed by atoms with Crippen LogP contribution in [-0.4, -0.2) is 33.4 Å². The molecule has 1 heterocycles. The molecular formula is C21H20O7. The van der Waals surface area contributed by atoms with Crippen LogP contribution in [0.1, 0.15) is 6.92 Å². The molecule has 0 aliphatic carbocycles. The quantitative estimate of drug-likeness (QED) is 0.476. The monoisotopic (exact) mass is 384 g/mol. The van der Waals surface area contributed by atoms with Crippen LogP contribution in [0, 0.1) is 0 Å². The first kappa shape index (κ1) is 19.3. The Morgan fingerprint density at radius 3 is 2.36 bits per heavy atom. The molecule has 0 aliphatic rings. The smallest absolute Gasteiger partial charge is 0.346 e. The third kappa shape index (κ3) is 3.78. The van der Waals surface area contributed by atoms with Gasteiger partial charge in [0.1, 0.15) is 22.8 Å². The van der Waals surface area contributed by atoms with Crippen molar-refractivity contribution in [2.75, 3.05) is 21.3 Å². The molecule has 0 aliphatic heterocycles. The molecule has 7 heteroatoms. The number of fused-ring (bicyclic) bond motifs is 1. The van der Waals surface area contributed by atoms with Gasteiger partial charge in [0.2, 0.25) is 0 Å². The van der Waals surface area contributed by atoms with Crippen LogP contribution in [0.15, 0.2) is 51.7 Å². The first-order chi connectivity index (χ1) is 13.5. The summed E-state index contributed by atoms with van der Waals surface area (Å²) in [6.45, 7) is 1.57. The van der Waals surface area contributed by atoms with E-state index in [4.69, 9.17) is 18.6 Å². The minimum atomic E-state index is -0.783. The lowest BCUT2D eigenvalue weighted by Gasteiger charge is -2.13. The highest BCUT2D eigenvalue weighted by Crippen LogP contribution is 2.33. The largest absolute Gasteiger partial charge is 0.497 e. The molecule has 3 aromatic rings. The zero-order chi connectivity index (χ0) is 20.3. The van der Waals surface area contributed by atoms with Crippen LogP contribution < -0.4 is 19.8 Å². The Kier molecular flexibility index (Phi) is 5.54. The standard InChI is InChI=1S/C21H20O7/c1-12(20(22)26-4)27-15-6-5-13-9-17(21(23)28-19(13)11-15)16-10-14(24-2)7-8-18(16)25-3/h5-12H,1-4H3/t12-/m1/s1. The van der Waals surface area contributed by atoms with E-state index in [1.165, 1.54) is 14.2 Å². The van der Waals surface area contributed by atoms with E-state index in [0.29, 0.717) is 39.3 Å². The average Bonchev–Trinajstić information content (AvgIpc) is 2.72. The van der Waals surface area contributed by atoms with E-state index in [2.05, 4.69) is 4.74 Å². The Hall–Kier alpha value is -3.48. The molecule has 0 amide bonds. The van der Waals surface area contributed by atoms with Gasteiger partial charge < -0.3 is 23.4 Å². The van der Waals surface area contributed by atoms with Gasteiger partial charge in [-0.3, -0.25) is 0 Å².